The van der Waals surface area contributed by atoms with Crippen molar-refractivity contribution >= 4 is 33.2 Å². The third-order valence-corrected chi connectivity index (χ3v) is 5.48. The van der Waals surface area contributed by atoms with E-state index >= 15 is 0 Å². The molecule has 1 aliphatic rings. The lowest BCUT2D eigenvalue weighted by atomic mass is 10.2. The van der Waals surface area contributed by atoms with E-state index in [9.17, 15) is 13.2 Å². The van der Waals surface area contributed by atoms with Crippen LogP contribution in [0.25, 0.3) is 0 Å². The number of amides is 1. The zero-order chi connectivity index (χ0) is 19.4. The number of halogens is 1. The number of benzene rings is 2. The summed E-state index contributed by atoms with van der Waals surface area (Å²) >= 11 is 6.10. The van der Waals surface area contributed by atoms with Gasteiger partial charge in [-0.05, 0) is 23.8 Å². The molecule has 3 rings (SSSR count). The Balaban J connectivity index is 1.70. The fraction of sp³-hybridized carbons (Fsp3) is 0.278. The average molecular weight is 411 g/mol. The van der Waals surface area contributed by atoms with Crippen LogP contribution in [0.1, 0.15) is 5.56 Å². The maximum atomic E-state index is 12.4. The molecule has 1 aliphatic heterocycles. The number of carbonyl (C=O) groups is 1. The molecule has 1 heterocycles. The van der Waals surface area contributed by atoms with E-state index in [4.69, 9.17) is 21.1 Å². The molecule has 7 nitrogen and oxygen atoms in total. The van der Waals surface area contributed by atoms with Crippen molar-refractivity contribution in [1.82, 2.24) is 4.31 Å². The molecule has 0 radical (unpaired) electrons. The van der Waals surface area contributed by atoms with Gasteiger partial charge in [0.05, 0.1) is 12.8 Å². The van der Waals surface area contributed by atoms with Gasteiger partial charge in [-0.1, -0.05) is 29.8 Å². The van der Waals surface area contributed by atoms with Crippen molar-refractivity contribution in [1.29, 1.82) is 0 Å². The van der Waals surface area contributed by atoms with Gasteiger partial charge >= 0.3 is 0 Å². The molecule has 1 amide bonds. The van der Waals surface area contributed by atoms with E-state index in [1.165, 1.54) is 0 Å². The van der Waals surface area contributed by atoms with E-state index in [0.29, 0.717) is 41.0 Å². The highest BCUT2D eigenvalue weighted by molar-refractivity contribution is 7.88. The molecule has 2 aromatic rings. The van der Waals surface area contributed by atoms with Gasteiger partial charge in [0, 0.05) is 23.3 Å². The lowest BCUT2D eigenvalue weighted by molar-refractivity contribution is -0.116. The van der Waals surface area contributed by atoms with Gasteiger partial charge < -0.3 is 14.8 Å². The summed E-state index contributed by atoms with van der Waals surface area (Å²) in [4.78, 5) is 12.4. The Bertz CT molecular complexity index is 949. The van der Waals surface area contributed by atoms with Gasteiger partial charge in [0.1, 0.15) is 13.2 Å². The summed E-state index contributed by atoms with van der Waals surface area (Å²) in [7, 11) is -3.61. The van der Waals surface area contributed by atoms with Crippen molar-refractivity contribution in [2.24, 2.45) is 0 Å². The van der Waals surface area contributed by atoms with Gasteiger partial charge in [0.25, 0.3) is 0 Å². The summed E-state index contributed by atoms with van der Waals surface area (Å²) in [5, 5.41) is 3.12. The summed E-state index contributed by atoms with van der Waals surface area (Å²) in [5.74, 6) is 0.676. The SMILES string of the molecule is CS(=O)(=O)N(CC(=O)Nc1ccc2c(c1)OCCO2)Cc1ccccc1Cl. The van der Waals surface area contributed by atoms with Crippen LogP contribution in [0.3, 0.4) is 0 Å². The highest BCUT2D eigenvalue weighted by Crippen LogP contribution is 2.32. The van der Waals surface area contributed by atoms with Crippen LogP contribution < -0.4 is 14.8 Å². The Morgan fingerprint density at radius 3 is 2.56 bits per heavy atom. The van der Waals surface area contributed by atoms with Gasteiger partial charge in [0.2, 0.25) is 15.9 Å². The van der Waals surface area contributed by atoms with Gasteiger partial charge in [-0.25, -0.2) is 8.42 Å². The molecule has 0 atom stereocenters. The Morgan fingerprint density at radius 1 is 1.15 bits per heavy atom. The number of nitrogens with zero attached hydrogens (tertiary/aromatic N) is 1. The topological polar surface area (TPSA) is 84.9 Å². The maximum absolute atomic E-state index is 12.4. The number of anilines is 1. The number of ether oxygens (including phenoxy) is 2. The monoisotopic (exact) mass is 410 g/mol. The molecule has 2 aromatic carbocycles. The first kappa shape index (κ1) is 19.5. The number of hydrogen-bond acceptors (Lipinski definition) is 5. The van der Waals surface area contributed by atoms with Crippen molar-refractivity contribution in [2.75, 3.05) is 31.3 Å². The first-order valence-electron chi connectivity index (χ1n) is 8.21. The number of nitrogens with one attached hydrogen (secondary N) is 1. The van der Waals surface area contributed by atoms with Crippen molar-refractivity contribution in [3.63, 3.8) is 0 Å². The molecule has 0 bridgehead atoms. The molecular weight excluding hydrogens is 392 g/mol. The standard InChI is InChI=1S/C18H19ClN2O5S/c1-27(23,24)21(11-13-4-2-3-5-15(13)19)12-18(22)20-14-6-7-16-17(10-14)26-9-8-25-16/h2-7,10H,8-9,11-12H2,1H3,(H,20,22). The van der Waals surface area contributed by atoms with Crippen molar-refractivity contribution < 1.29 is 22.7 Å². The van der Waals surface area contributed by atoms with Crippen LogP contribution in [0.5, 0.6) is 11.5 Å². The minimum atomic E-state index is -3.61. The summed E-state index contributed by atoms with van der Waals surface area (Å²) in [6, 6.07) is 11.9. The van der Waals surface area contributed by atoms with Crippen LogP contribution in [0, 0.1) is 0 Å². The second-order valence-electron chi connectivity index (χ2n) is 6.03. The highest BCUT2D eigenvalue weighted by atomic mass is 35.5. The van der Waals surface area contributed by atoms with Crippen LogP contribution in [0.4, 0.5) is 5.69 Å². The molecule has 9 heteroatoms. The molecule has 0 fully saturated rings. The minimum Gasteiger partial charge on any atom is -0.486 e. The van der Waals surface area contributed by atoms with Crippen LogP contribution in [-0.4, -0.2) is 44.6 Å². The highest BCUT2D eigenvalue weighted by Gasteiger charge is 2.22. The largest absolute Gasteiger partial charge is 0.486 e. The lowest BCUT2D eigenvalue weighted by Gasteiger charge is -2.21. The first-order valence-corrected chi connectivity index (χ1v) is 10.4. The van der Waals surface area contributed by atoms with E-state index in [2.05, 4.69) is 5.32 Å². The lowest BCUT2D eigenvalue weighted by Crippen LogP contribution is -2.37. The van der Waals surface area contributed by atoms with Gasteiger partial charge in [-0.3, -0.25) is 4.79 Å². The number of rotatable bonds is 6. The van der Waals surface area contributed by atoms with E-state index in [-0.39, 0.29) is 13.1 Å². The van der Waals surface area contributed by atoms with E-state index in [0.717, 1.165) is 10.6 Å². The zero-order valence-electron chi connectivity index (χ0n) is 14.6. The minimum absolute atomic E-state index is 0.00701. The predicted molar refractivity (Wildman–Crippen MR) is 103 cm³/mol. The molecule has 0 saturated heterocycles. The summed E-state index contributed by atoms with van der Waals surface area (Å²) in [6.45, 7) is 0.583. The van der Waals surface area contributed by atoms with Crippen LogP contribution in [0.15, 0.2) is 42.5 Å². The maximum Gasteiger partial charge on any atom is 0.239 e. The van der Waals surface area contributed by atoms with Crippen molar-refractivity contribution in [3.05, 3.63) is 53.1 Å². The molecule has 0 saturated carbocycles. The summed E-state index contributed by atoms with van der Waals surface area (Å²) in [6.07, 6.45) is 1.06. The molecule has 0 unspecified atom stereocenters. The Morgan fingerprint density at radius 2 is 1.85 bits per heavy atom. The van der Waals surface area contributed by atoms with Crippen LogP contribution in [-0.2, 0) is 21.4 Å². The van der Waals surface area contributed by atoms with Gasteiger partial charge in [0.15, 0.2) is 11.5 Å². The molecule has 0 aliphatic carbocycles. The fourth-order valence-corrected chi connectivity index (χ4v) is 3.51. The smallest absolute Gasteiger partial charge is 0.239 e. The molecule has 144 valence electrons. The molecule has 0 aromatic heterocycles. The fourth-order valence-electron chi connectivity index (χ4n) is 2.59. The molecule has 0 spiro atoms. The number of fused-ring (bicyclic) bond motifs is 1. The quantitative estimate of drug-likeness (QED) is 0.790. The Kier molecular flexibility index (Phi) is 5.88. The van der Waals surface area contributed by atoms with E-state index in [1.807, 2.05) is 0 Å². The van der Waals surface area contributed by atoms with Crippen LogP contribution in [0.2, 0.25) is 5.02 Å². The molecule has 1 N–H and O–H groups in total. The number of sulfonamides is 1. The third kappa shape index (κ3) is 5.12. The van der Waals surface area contributed by atoms with Crippen molar-refractivity contribution in [3.8, 4) is 11.5 Å². The normalized spacial score (nSPS) is 13.4. The van der Waals surface area contributed by atoms with Gasteiger partial charge in [-0.15, -0.1) is 0 Å². The Hall–Kier alpha value is -2.29. The second-order valence-corrected chi connectivity index (χ2v) is 8.42. The average Bonchev–Trinajstić information content (AvgIpc) is 2.62. The van der Waals surface area contributed by atoms with E-state index < -0.39 is 15.9 Å². The van der Waals surface area contributed by atoms with E-state index in [1.54, 1.807) is 42.5 Å². The molecular formula is C18H19ClN2O5S. The Labute approximate surface area is 162 Å². The summed E-state index contributed by atoms with van der Waals surface area (Å²) in [5.41, 5.74) is 1.12. The van der Waals surface area contributed by atoms with Gasteiger partial charge in [-0.2, -0.15) is 4.31 Å². The number of carbonyl (C=O) groups excluding carboxylic acids is 1. The molecule has 27 heavy (non-hydrogen) atoms. The predicted octanol–water partition coefficient (Wildman–Crippen LogP) is 2.51. The zero-order valence-corrected chi connectivity index (χ0v) is 16.2. The van der Waals surface area contributed by atoms with Crippen molar-refractivity contribution in [2.45, 2.75) is 6.54 Å². The number of hydrogen-bond donors (Lipinski definition) is 1. The third-order valence-electron chi connectivity index (χ3n) is 3.92. The van der Waals surface area contributed by atoms with Crippen LogP contribution >= 0.6 is 11.6 Å². The first-order chi connectivity index (χ1) is 12.8. The second kappa shape index (κ2) is 8.16. The summed E-state index contributed by atoms with van der Waals surface area (Å²) < 4.78 is 36.2.